The SMILES string of the molecule is C=CC1=C(O)N[C@H](/C=c2/[nH]/c(=C/c3[nH]c(C[C@@]45NC(=O)[C@H](C)[C@]4(CC)S5)c(C)c3CCC(=O)O)c(CCC(=O)O)c2C)C1C. The van der Waals surface area contributed by atoms with Crippen molar-refractivity contribution in [3.05, 3.63) is 68.5 Å². The van der Waals surface area contributed by atoms with Crippen LogP contribution in [0.25, 0.3) is 12.2 Å². The average molecular weight is 623 g/mol. The van der Waals surface area contributed by atoms with Crippen LogP contribution in [0, 0.1) is 25.7 Å². The van der Waals surface area contributed by atoms with Gasteiger partial charge >= 0.3 is 11.9 Å². The number of nitrogens with one attached hydrogen (secondary N) is 4. The number of aliphatic hydroxyl groups excluding tert-OH is 1. The molecule has 5 heterocycles. The van der Waals surface area contributed by atoms with Gasteiger partial charge in [0.25, 0.3) is 0 Å². The topological polar surface area (TPSA) is 168 Å². The Morgan fingerprint density at radius 1 is 1.02 bits per heavy atom. The van der Waals surface area contributed by atoms with E-state index in [9.17, 15) is 29.7 Å². The third kappa shape index (κ3) is 5.25. The Labute approximate surface area is 260 Å². The Morgan fingerprint density at radius 3 is 2.27 bits per heavy atom. The smallest absolute Gasteiger partial charge is 0.303 e. The summed E-state index contributed by atoms with van der Waals surface area (Å²) in [6.07, 6.45) is 7.63. The van der Waals surface area contributed by atoms with E-state index in [1.54, 1.807) is 17.8 Å². The molecule has 0 aliphatic carbocycles. The maximum atomic E-state index is 12.6. The van der Waals surface area contributed by atoms with Crippen molar-refractivity contribution >= 4 is 41.8 Å². The standard InChI is InChI=1S/C33H42N4O6S/c1-7-20-16(3)24(36-31(20)43)13-23-17(4)21(9-11-28(38)39)25(34-23)14-26-22(10-12-29(40)41)18(5)27(35-26)15-33-32(8-2,44-33)19(6)30(42)37-33/h7,13-14,16,19,24,34-36,43H,1,8-12,15H2,2-6H3,(H,37,42)(H,38,39)(H,40,41)/b23-13+,25-14+/t16?,19-,24+,32-,33-/m0/s1. The van der Waals surface area contributed by atoms with Crippen LogP contribution in [0.15, 0.2) is 24.1 Å². The number of allylic oxidation sites excluding steroid dienone is 1. The van der Waals surface area contributed by atoms with Gasteiger partial charge in [-0.1, -0.05) is 33.4 Å². The monoisotopic (exact) mass is 622 g/mol. The van der Waals surface area contributed by atoms with Crippen LogP contribution >= 0.6 is 11.8 Å². The highest BCUT2D eigenvalue weighted by molar-refractivity contribution is 8.09. The molecule has 2 fully saturated rings. The maximum absolute atomic E-state index is 12.6. The van der Waals surface area contributed by atoms with Crippen molar-refractivity contribution in [1.82, 2.24) is 20.6 Å². The lowest BCUT2D eigenvalue weighted by Crippen LogP contribution is -2.35. The van der Waals surface area contributed by atoms with Crippen molar-refractivity contribution in [3.63, 3.8) is 0 Å². The highest BCUT2D eigenvalue weighted by Gasteiger charge is 2.76. The van der Waals surface area contributed by atoms with Gasteiger partial charge in [0, 0.05) is 52.8 Å². The number of aliphatic carboxylic acids is 2. The molecule has 44 heavy (non-hydrogen) atoms. The summed E-state index contributed by atoms with van der Waals surface area (Å²) in [5.74, 6) is -1.73. The van der Waals surface area contributed by atoms with Crippen LogP contribution in [0.2, 0.25) is 0 Å². The highest BCUT2D eigenvalue weighted by atomic mass is 32.2. The minimum atomic E-state index is -0.897. The summed E-state index contributed by atoms with van der Waals surface area (Å²) in [4.78, 5) is 42.5. The fraction of sp³-hybridized carbons (Fsp3) is 0.485. The van der Waals surface area contributed by atoms with E-state index < -0.39 is 11.9 Å². The molecule has 3 aliphatic heterocycles. The van der Waals surface area contributed by atoms with Gasteiger partial charge < -0.3 is 35.9 Å². The van der Waals surface area contributed by atoms with E-state index in [2.05, 4.69) is 34.1 Å². The van der Waals surface area contributed by atoms with Gasteiger partial charge in [0.2, 0.25) is 5.91 Å². The lowest BCUT2D eigenvalue weighted by atomic mass is 9.86. The zero-order chi connectivity index (χ0) is 32.1. The number of carboxylic acid groups (broad SMARTS) is 2. The first-order valence-electron chi connectivity index (χ1n) is 15.2. The van der Waals surface area contributed by atoms with Gasteiger partial charge in [-0.3, -0.25) is 14.4 Å². The Balaban J connectivity index is 1.59. The molecule has 0 spiro atoms. The molecular weight excluding hydrogens is 580 g/mol. The molecule has 5 rings (SSSR count). The summed E-state index contributed by atoms with van der Waals surface area (Å²) in [5.41, 5.74) is 6.10. The molecule has 0 bridgehead atoms. The summed E-state index contributed by atoms with van der Waals surface area (Å²) in [6.45, 7) is 13.8. The lowest BCUT2D eigenvalue weighted by molar-refractivity contribution is -0.138. The van der Waals surface area contributed by atoms with Crippen molar-refractivity contribution < 1.29 is 29.7 Å². The third-order valence-corrected chi connectivity index (χ3v) is 12.1. The molecule has 2 aromatic heterocycles. The molecule has 0 radical (unpaired) electrons. The van der Waals surface area contributed by atoms with Crippen LogP contribution in [0.5, 0.6) is 0 Å². The van der Waals surface area contributed by atoms with Crippen LogP contribution in [0.4, 0.5) is 0 Å². The molecule has 10 nitrogen and oxygen atoms in total. The number of fused-ring (bicyclic) bond motifs is 1. The summed E-state index contributed by atoms with van der Waals surface area (Å²) in [7, 11) is 0. The number of thioether (sulfide) groups is 1. The van der Waals surface area contributed by atoms with Crippen molar-refractivity contribution in [1.29, 1.82) is 0 Å². The summed E-state index contributed by atoms with van der Waals surface area (Å²) in [5, 5.41) is 37.2. The Hall–Kier alpha value is -3.86. The number of carbonyl (C=O) groups excluding carboxylic acids is 1. The van der Waals surface area contributed by atoms with Gasteiger partial charge in [0.15, 0.2) is 5.88 Å². The van der Waals surface area contributed by atoms with E-state index >= 15 is 0 Å². The number of carbonyl (C=O) groups is 3. The fourth-order valence-corrected chi connectivity index (χ4v) is 8.99. The zero-order valence-corrected chi connectivity index (χ0v) is 26.7. The van der Waals surface area contributed by atoms with Crippen molar-refractivity contribution in [2.24, 2.45) is 11.8 Å². The van der Waals surface area contributed by atoms with Crippen molar-refractivity contribution in [3.8, 4) is 0 Å². The number of hydrogen-bond acceptors (Lipinski definition) is 6. The predicted molar refractivity (Wildman–Crippen MR) is 171 cm³/mol. The van der Waals surface area contributed by atoms with Gasteiger partial charge in [-0.15, -0.1) is 11.8 Å². The number of H-pyrrole nitrogens is 2. The number of aliphatic hydroxyl groups is 1. The van der Waals surface area contributed by atoms with E-state index in [-0.39, 0.29) is 52.1 Å². The second-order valence-electron chi connectivity index (χ2n) is 12.3. The molecule has 0 aromatic carbocycles. The van der Waals surface area contributed by atoms with E-state index in [1.807, 2.05) is 39.8 Å². The molecule has 0 saturated carbocycles. The first kappa shape index (κ1) is 31.6. The van der Waals surface area contributed by atoms with Gasteiger partial charge in [-0.25, -0.2) is 0 Å². The zero-order valence-electron chi connectivity index (χ0n) is 25.9. The first-order chi connectivity index (χ1) is 20.8. The summed E-state index contributed by atoms with van der Waals surface area (Å²) >= 11 is 1.80. The van der Waals surface area contributed by atoms with Crippen molar-refractivity contribution in [2.75, 3.05) is 0 Å². The van der Waals surface area contributed by atoms with Gasteiger partial charge in [-0.2, -0.15) is 0 Å². The number of aromatic nitrogens is 2. The lowest BCUT2D eigenvalue weighted by Gasteiger charge is -2.15. The van der Waals surface area contributed by atoms with Gasteiger partial charge in [0.05, 0.1) is 16.7 Å². The highest BCUT2D eigenvalue weighted by Crippen LogP contribution is 2.72. The quantitative estimate of drug-likeness (QED) is 0.177. The molecule has 11 heteroatoms. The number of hydrogen-bond donors (Lipinski definition) is 7. The van der Waals surface area contributed by atoms with E-state index in [0.29, 0.717) is 19.3 Å². The molecule has 1 amide bonds. The van der Waals surface area contributed by atoms with Crippen molar-refractivity contribution in [2.45, 2.75) is 88.8 Å². The molecular formula is C33H42N4O6S. The molecule has 2 saturated heterocycles. The molecule has 5 atom stereocenters. The normalized spacial score (nSPS) is 28.3. The Bertz CT molecular complexity index is 1700. The fourth-order valence-electron chi connectivity index (χ4n) is 7.18. The maximum Gasteiger partial charge on any atom is 0.303 e. The first-order valence-corrected chi connectivity index (χ1v) is 16.0. The summed E-state index contributed by atoms with van der Waals surface area (Å²) < 4.78 is -0.155. The van der Waals surface area contributed by atoms with Gasteiger partial charge in [-0.05, 0) is 67.5 Å². The van der Waals surface area contributed by atoms with E-state index in [4.69, 9.17) is 0 Å². The minimum absolute atomic E-state index is 0.0185. The Morgan fingerprint density at radius 2 is 1.68 bits per heavy atom. The molecule has 236 valence electrons. The molecule has 3 aliphatic rings. The number of carboxylic acids is 2. The minimum Gasteiger partial charge on any atom is -0.495 e. The van der Waals surface area contributed by atoms with E-state index in [0.717, 1.165) is 56.3 Å². The molecule has 7 N–H and O–H groups in total. The number of aromatic amines is 2. The van der Waals surface area contributed by atoms with Crippen LogP contribution in [-0.2, 0) is 33.6 Å². The molecule has 2 aromatic rings. The average Bonchev–Trinajstić information content (AvgIpc) is 3.05. The van der Waals surface area contributed by atoms with Crippen LogP contribution in [0.1, 0.15) is 73.7 Å². The second kappa shape index (κ2) is 11.6. The van der Waals surface area contributed by atoms with Crippen LogP contribution in [-0.4, -0.2) is 58.8 Å². The number of rotatable bonds is 12. The largest absolute Gasteiger partial charge is 0.495 e. The molecule has 1 unspecified atom stereocenters. The number of amides is 1. The second-order valence-corrected chi connectivity index (χ2v) is 13.9. The summed E-state index contributed by atoms with van der Waals surface area (Å²) in [6, 6.07) is -0.191. The van der Waals surface area contributed by atoms with Crippen LogP contribution < -0.4 is 21.3 Å². The van der Waals surface area contributed by atoms with Gasteiger partial charge in [0.1, 0.15) is 4.87 Å². The van der Waals surface area contributed by atoms with E-state index in [1.165, 1.54) is 0 Å². The Kier molecular flexibility index (Phi) is 8.30. The predicted octanol–water partition coefficient (Wildman–Crippen LogP) is 3.07. The van der Waals surface area contributed by atoms with Crippen LogP contribution in [0.3, 0.4) is 0 Å². The third-order valence-electron chi connectivity index (χ3n) is 9.97.